The van der Waals surface area contributed by atoms with Crippen molar-refractivity contribution in [2.24, 2.45) is 0 Å². The maximum Gasteiger partial charge on any atom is 0.188 e. The highest BCUT2D eigenvalue weighted by Gasteiger charge is 2.02. The molecule has 0 spiro atoms. The number of aromatic nitrogens is 3. The molecular weight excluding hydrogens is 244 g/mol. The van der Waals surface area contributed by atoms with Crippen molar-refractivity contribution in [3.63, 3.8) is 0 Å². The molecule has 0 radical (unpaired) electrons. The van der Waals surface area contributed by atoms with E-state index in [1.807, 2.05) is 0 Å². The number of nitrogens with one attached hydrogen (secondary N) is 2. The van der Waals surface area contributed by atoms with E-state index in [4.69, 9.17) is 0 Å². The Morgan fingerprint density at radius 1 is 1.33 bits per heavy atom. The topological polar surface area (TPSA) is 53.6 Å². The first-order chi connectivity index (χ1) is 8.78. The van der Waals surface area contributed by atoms with Gasteiger partial charge in [-0.25, -0.2) is 4.98 Å². The van der Waals surface area contributed by atoms with Crippen LogP contribution in [-0.4, -0.2) is 21.2 Å². The molecule has 2 N–H and O–H groups in total. The molecule has 0 saturated heterocycles. The molecule has 1 aromatic heterocycles. The van der Waals surface area contributed by atoms with Crippen LogP contribution in [0.1, 0.15) is 26.7 Å². The third-order valence-electron chi connectivity index (χ3n) is 2.60. The fourth-order valence-corrected chi connectivity index (χ4v) is 2.46. The molecule has 2 aromatic rings. The summed E-state index contributed by atoms with van der Waals surface area (Å²) < 4.78 is 0. The van der Waals surface area contributed by atoms with Gasteiger partial charge in [0.15, 0.2) is 5.16 Å². The van der Waals surface area contributed by atoms with E-state index in [0.29, 0.717) is 6.04 Å². The van der Waals surface area contributed by atoms with Crippen LogP contribution in [0.25, 0.3) is 0 Å². The van der Waals surface area contributed by atoms with Crippen molar-refractivity contribution in [1.29, 1.82) is 0 Å². The van der Waals surface area contributed by atoms with Gasteiger partial charge in [-0.2, -0.15) is 5.10 Å². The minimum atomic E-state index is 0.516. The van der Waals surface area contributed by atoms with E-state index >= 15 is 0 Å². The van der Waals surface area contributed by atoms with Gasteiger partial charge in [0.05, 0.1) is 0 Å². The molecule has 2 rings (SSSR count). The van der Waals surface area contributed by atoms with Crippen LogP contribution < -0.4 is 5.32 Å². The van der Waals surface area contributed by atoms with Crippen LogP contribution >= 0.6 is 11.8 Å². The summed E-state index contributed by atoms with van der Waals surface area (Å²) in [7, 11) is 0. The fourth-order valence-electron chi connectivity index (χ4n) is 1.76. The van der Waals surface area contributed by atoms with Gasteiger partial charge in [-0.05, 0) is 37.6 Å². The largest absolute Gasteiger partial charge is 0.383 e. The van der Waals surface area contributed by atoms with Gasteiger partial charge in [0.2, 0.25) is 0 Å². The normalized spacial score (nSPS) is 12.3. The van der Waals surface area contributed by atoms with Crippen LogP contribution in [0.5, 0.6) is 0 Å². The summed E-state index contributed by atoms with van der Waals surface area (Å²) >= 11 is 1.58. The molecule has 0 aliphatic carbocycles. The van der Waals surface area contributed by atoms with Crippen molar-refractivity contribution in [1.82, 2.24) is 15.2 Å². The van der Waals surface area contributed by atoms with Crippen LogP contribution in [0.3, 0.4) is 0 Å². The minimum Gasteiger partial charge on any atom is -0.383 e. The van der Waals surface area contributed by atoms with Crippen molar-refractivity contribution in [3.8, 4) is 0 Å². The van der Waals surface area contributed by atoms with E-state index in [9.17, 15) is 0 Å². The van der Waals surface area contributed by atoms with Crippen LogP contribution in [0.4, 0.5) is 5.69 Å². The van der Waals surface area contributed by atoms with E-state index in [0.717, 1.165) is 15.7 Å². The summed E-state index contributed by atoms with van der Waals surface area (Å²) in [6.07, 6.45) is 3.91. The quantitative estimate of drug-likeness (QED) is 0.836. The highest BCUT2D eigenvalue weighted by molar-refractivity contribution is 7.99. The average Bonchev–Trinajstić information content (AvgIpc) is 2.85. The van der Waals surface area contributed by atoms with Crippen molar-refractivity contribution in [2.45, 2.75) is 42.8 Å². The van der Waals surface area contributed by atoms with Crippen LogP contribution in [-0.2, 0) is 0 Å². The fraction of sp³-hybridized carbons (Fsp3) is 0.385. The highest BCUT2D eigenvalue weighted by Crippen LogP contribution is 2.25. The number of nitrogens with zero attached hydrogens (tertiary/aromatic N) is 2. The Balaban J connectivity index is 1.93. The lowest BCUT2D eigenvalue weighted by atomic mass is 10.2. The van der Waals surface area contributed by atoms with Gasteiger partial charge in [0.1, 0.15) is 6.33 Å². The maximum atomic E-state index is 4.09. The highest BCUT2D eigenvalue weighted by atomic mass is 32.2. The molecular formula is C13H18N4S. The molecule has 0 saturated carbocycles. The first-order valence-electron chi connectivity index (χ1n) is 6.17. The standard InChI is InChI=1S/C13H18N4S/c1-3-4-10(2)16-11-5-7-12(8-6-11)18-13-14-9-15-17-13/h5-10,16H,3-4H2,1-2H3,(H,14,15,17). The lowest BCUT2D eigenvalue weighted by Crippen LogP contribution is -2.14. The Labute approximate surface area is 112 Å². The summed E-state index contributed by atoms with van der Waals surface area (Å²) in [5, 5.41) is 11.0. The summed E-state index contributed by atoms with van der Waals surface area (Å²) in [6, 6.07) is 8.90. The first-order valence-corrected chi connectivity index (χ1v) is 6.99. The third kappa shape index (κ3) is 3.77. The lowest BCUT2D eigenvalue weighted by Gasteiger charge is -2.14. The molecule has 96 valence electrons. The van der Waals surface area contributed by atoms with Gasteiger partial charge in [-0.15, -0.1) is 0 Å². The number of benzene rings is 1. The summed E-state index contributed by atoms with van der Waals surface area (Å²) in [4.78, 5) is 5.24. The van der Waals surface area contributed by atoms with Crippen molar-refractivity contribution in [3.05, 3.63) is 30.6 Å². The lowest BCUT2D eigenvalue weighted by molar-refractivity contribution is 0.690. The van der Waals surface area contributed by atoms with Gasteiger partial charge in [0.25, 0.3) is 0 Å². The van der Waals surface area contributed by atoms with E-state index < -0.39 is 0 Å². The van der Waals surface area contributed by atoms with Gasteiger partial charge < -0.3 is 5.32 Å². The molecule has 5 heteroatoms. The predicted molar refractivity (Wildman–Crippen MR) is 74.9 cm³/mol. The number of rotatable bonds is 6. The number of hydrogen-bond acceptors (Lipinski definition) is 4. The van der Waals surface area contributed by atoms with Crippen LogP contribution in [0.15, 0.2) is 40.6 Å². The zero-order valence-electron chi connectivity index (χ0n) is 10.7. The minimum absolute atomic E-state index is 0.516. The second kappa shape index (κ2) is 6.44. The second-order valence-electron chi connectivity index (χ2n) is 4.25. The first kappa shape index (κ1) is 13.0. The summed E-state index contributed by atoms with van der Waals surface area (Å²) in [5.74, 6) is 0. The molecule has 0 amide bonds. The predicted octanol–water partition coefficient (Wildman–Crippen LogP) is 3.56. The monoisotopic (exact) mass is 262 g/mol. The van der Waals surface area contributed by atoms with Crippen LogP contribution in [0.2, 0.25) is 0 Å². The molecule has 0 fully saturated rings. The molecule has 1 unspecified atom stereocenters. The van der Waals surface area contributed by atoms with E-state index in [1.165, 1.54) is 19.2 Å². The molecule has 4 nitrogen and oxygen atoms in total. The van der Waals surface area contributed by atoms with Gasteiger partial charge >= 0.3 is 0 Å². The number of anilines is 1. The van der Waals surface area contributed by atoms with Crippen molar-refractivity contribution < 1.29 is 0 Å². The maximum absolute atomic E-state index is 4.09. The molecule has 1 heterocycles. The molecule has 0 aliphatic rings. The number of H-pyrrole nitrogens is 1. The second-order valence-corrected chi connectivity index (χ2v) is 5.31. The smallest absolute Gasteiger partial charge is 0.188 e. The van der Waals surface area contributed by atoms with Crippen LogP contribution in [0, 0.1) is 0 Å². The molecule has 18 heavy (non-hydrogen) atoms. The average molecular weight is 262 g/mol. The Hall–Kier alpha value is -1.49. The molecule has 0 aliphatic heterocycles. The third-order valence-corrected chi connectivity index (χ3v) is 3.49. The Bertz CT molecular complexity index is 452. The molecule has 1 atom stereocenters. The van der Waals surface area contributed by atoms with Crippen molar-refractivity contribution in [2.75, 3.05) is 5.32 Å². The van der Waals surface area contributed by atoms with Gasteiger partial charge in [-0.3, -0.25) is 5.10 Å². The number of aromatic amines is 1. The zero-order chi connectivity index (χ0) is 12.8. The van der Waals surface area contributed by atoms with Gasteiger partial charge in [0, 0.05) is 16.6 Å². The van der Waals surface area contributed by atoms with E-state index in [1.54, 1.807) is 11.8 Å². The Kier molecular flexibility index (Phi) is 4.64. The summed E-state index contributed by atoms with van der Waals surface area (Å²) in [5.41, 5.74) is 1.16. The Morgan fingerprint density at radius 2 is 2.11 bits per heavy atom. The number of hydrogen-bond donors (Lipinski definition) is 2. The SMILES string of the molecule is CCCC(C)Nc1ccc(Sc2ncn[nH]2)cc1. The van der Waals surface area contributed by atoms with Gasteiger partial charge in [-0.1, -0.05) is 25.1 Å². The Morgan fingerprint density at radius 3 is 2.72 bits per heavy atom. The summed E-state index contributed by atoms with van der Waals surface area (Å²) in [6.45, 7) is 4.41. The van der Waals surface area contributed by atoms with E-state index in [-0.39, 0.29) is 0 Å². The van der Waals surface area contributed by atoms with E-state index in [2.05, 4.69) is 58.6 Å². The van der Waals surface area contributed by atoms with Crippen molar-refractivity contribution >= 4 is 17.4 Å². The zero-order valence-corrected chi connectivity index (χ0v) is 11.5. The molecule has 1 aromatic carbocycles. The molecule has 0 bridgehead atoms.